The van der Waals surface area contributed by atoms with Crippen molar-refractivity contribution in [3.05, 3.63) is 34.3 Å². The molecular formula is C16H26BrN. The normalized spacial score (nSPS) is 14.8. The van der Waals surface area contributed by atoms with Crippen molar-refractivity contribution >= 4 is 15.9 Å². The number of rotatable bonds is 7. The summed E-state index contributed by atoms with van der Waals surface area (Å²) in [6, 6.07) is 8.74. The van der Waals surface area contributed by atoms with Gasteiger partial charge in [0.15, 0.2) is 0 Å². The molecule has 1 rings (SSSR count). The maximum atomic E-state index is 3.60. The van der Waals surface area contributed by atoms with Crippen LogP contribution in [0.3, 0.4) is 0 Å². The Labute approximate surface area is 120 Å². The molecule has 102 valence electrons. The quantitative estimate of drug-likeness (QED) is 0.761. The predicted octanol–water partition coefficient (Wildman–Crippen LogP) is 4.82. The zero-order valence-electron chi connectivity index (χ0n) is 12.0. The Bertz CT molecular complexity index is 349. The summed E-state index contributed by atoms with van der Waals surface area (Å²) in [6.45, 7) is 11.3. The molecule has 0 heterocycles. The Morgan fingerprint density at radius 2 is 1.89 bits per heavy atom. The number of nitrogens with one attached hydrogen (secondary N) is 1. The van der Waals surface area contributed by atoms with Gasteiger partial charge in [-0.1, -0.05) is 62.2 Å². The van der Waals surface area contributed by atoms with E-state index in [1.54, 1.807) is 0 Å². The summed E-state index contributed by atoms with van der Waals surface area (Å²) in [7, 11) is 0. The van der Waals surface area contributed by atoms with Gasteiger partial charge in [-0.15, -0.1) is 0 Å². The third-order valence-electron chi connectivity index (χ3n) is 3.52. The molecule has 2 heteroatoms. The molecule has 1 N–H and O–H groups in total. The van der Waals surface area contributed by atoms with Crippen LogP contribution in [-0.4, -0.2) is 13.1 Å². The molecule has 0 saturated heterocycles. The summed E-state index contributed by atoms with van der Waals surface area (Å²) in [6.07, 6.45) is 1.22. The second kappa shape index (κ2) is 7.96. The summed E-state index contributed by atoms with van der Waals surface area (Å²) in [5, 5.41) is 3.60. The lowest BCUT2D eigenvalue weighted by molar-refractivity contribution is 0.409. The van der Waals surface area contributed by atoms with Crippen molar-refractivity contribution in [2.24, 2.45) is 11.8 Å². The lowest BCUT2D eigenvalue weighted by Crippen LogP contribution is -2.28. The van der Waals surface area contributed by atoms with Crippen LogP contribution in [0, 0.1) is 11.8 Å². The molecule has 0 aromatic heterocycles. The zero-order chi connectivity index (χ0) is 13.5. The second-order valence-corrected chi connectivity index (χ2v) is 6.51. The summed E-state index contributed by atoms with van der Waals surface area (Å²) >= 11 is 3.57. The fourth-order valence-corrected chi connectivity index (χ4v) is 2.61. The smallest absolute Gasteiger partial charge is 0.0178 e. The van der Waals surface area contributed by atoms with Crippen molar-refractivity contribution in [3.63, 3.8) is 0 Å². The van der Waals surface area contributed by atoms with E-state index in [4.69, 9.17) is 0 Å². The van der Waals surface area contributed by atoms with Gasteiger partial charge < -0.3 is 5.32 Å². The number of halogens is 1. The summed E-state index contributed by atoms with van der Waals surface area (Å²) in [5.41, 5.74) is 1.44. The predicted molar refractivity (Wildman–Crippen MR) is 84.0 cm³/mol. The van der Waals surface area contributed by atoms with Crippen molar-refractivity contribution < 1.29 is 0 Å². The minimum absolute atomic E-state index is 0.603. The van der Waals surface area contributed by atoms with Crippen molar-refractivity contribution in [2.45, 2.75) is 40.0 Å². The SMILES string of the molecule is CCC(C)C(CNCC(C)C)c1cccc(Br)c1. The van der Waals surface area contributed by atoms with E-state index in [2.05, 4.69) is 73.2 Å². The van der Waals surface area contributed by atoms with Gasteiger partial charge in [-0.05, 0) is 42.0 Å². The number of benzene rings is 1. The summed E-state index contributed by atoms with van der Waals surface area (Å²) in [4.78, 5) is 0. The van der Waals surface area contributed by atoms with Crippen LogP contribution >= 0.6 is 15.9 Å². The highest BCUT2D eigenvalue weighted by molar-refractivity contribution is 9.10. The van der Waals surface area contributed by atoms with Crippen LogP contribution < -0.4 is 5.32 Å². The molecular weight excluding hydrogens is 286 g/mol. The standard InChI is InChI=1S/C16H26BrN/c1-5-13(4)16(11-18-10-12(2)3)14-7-6-8-15(17)9-14/h6-9,12-13,16,18H,5,10-11H2,1-4H3. The first-order chi connectivity index (χ1) is 8.54. The van der Waals surface area contributed by atoms with E-state index < -0.39 is 0 Å². The average molecular weight is 312 g/mol. The highest BCUT2D eigenvalue weighted by Crippen LogP contribution is 2.28. The Morgan fingerprint density at radius 1 is 1.17 bits per heavy atom. The van der Waals surface area contributed by atoms with Gasteiger partial charge in [-0.2, -0.15) is 0 Å². The van der Waals surface area contributed by atoms with Gasteiger partial charge in [-0.3, -0.25) is 0 Å². The van der Waals surface area contributed by atoms with E-state index in [0.29, 0.717) is 17.8 Å². The van der Waals surface area contributed by atoms with Gasteiger partial charge in [0.05, 0.1) is 0 Å². The Morgan fingerprint density at radius 3 is 2.44 bits per heavy atom. The van der Waals surface area contributed by atoms with Gasteiger partial charge in [0.1, 0.15) is 0 Å². The number of hydrogen-bond donors (Lipinski definition) is 1. The van der Waals surface area contributed by atoms with E-state index in [9.17, 15) is 0 Å². The van der Waals surface area contributed by atoms with Gasteiger partial charge in [-0.25, -0.2) is 0 Å². The first-order valence-corrected chi connectivity index (χ1v) is 7.80. The van der Waals surface area contributed by atoms with Crippen molar-refractivity contribution in [2.75, 3.05) is 13.1 Å². The van der Waals surface area contributed by atoms with Crippen LogP contribution in [0.15, 0.2) is 28.7 Å². The fraction of sp³-hybridized carbons (Fsp3) is 0.625. The minimum Gasteiger partial charge on any atom is -0.316 e. The Kier molecular flexibility index (Phi) is 6.95. The molecule has 1 nitrogen and oxygen atoms in total. The molecule has 0 aliphatic heterocycles. The minimum atomic E-state index is 0.603. The zero-order valence-corrected chi connectivity index (χ0v) is 13.6. The highest BCUT2D eigenvalue weighted by atomic mass is 79.9. The lowest BCUT2D eigenvalue weighted by atomic mass is 9.85. The summed E-state index contributed by atoms with van der Waals surface area (Å²) < 4.78 is 1.18. The first-order valence-electron chi connectivity index (χ1n) is 7.00. The molecule has 0 aliphatic rings. The highest BCUT2D eigenvalue weighted by Gasteiger charge is 2.17. The second-order valence-electron chi connectivity index (χ2n) is 5.60. The molecule has 18 heavy (non-hydrogen) atoms. The van der Waals surface area contributed by atoms with E-state index >= 15 is 0 Å². The average Bonchev–Trinajstić information content (AvgIpc) is 2.33. The third kappa shape index (κ3) is 5.11. The van der Waals surface area contributed by atoms with Crippen molar-refractivity contribution in [1.29, 1.82) is 0 Å². The number of hydrogen-bond acceptors (Lipinski definition) is 1. The van der Waals surface area contributed by atoms with E-state index in [1.807, 2.05) is 0 Å². The first kappa shape index (κ1) is 15.7. The molecule has 0 saturated carbocycles. The molecule has 0 fully saturated rings. The lowest BCUT2D eigenvalue weighted by Gasteiger charge is -2.24. The third-order valence-corrected chi connectivity index (χ3v) is 4.02. The van der Waals surface area contributed by atoms with Crippen LogP contribution in [0.5, 0.6) is 0 Å². The van der Waals surface area contributed by atoms with Crippen molar-refractivity contribution in [1.82, 2.24) is 5.32 Å². The molecule has 1 aromatic carbocycles. The fourth-order valence-electron chi connectivity index (χ4n) is 2.20. The van der Waals surface area contributed by atoms with Gasteiger partial charge in [0.2, 0.25) is 0 Å². The molecule has 2 atom stereocenters. The van der Waals surface area contributed by atoms with Crippen LogP contribution in [0.1, 0.15) is 45.6 Å². The Hall–Kier alpha value is -0.340. The van der Waals surface area contributed by atoms with Crippen LogP contribution in [0.25, 0.3) is 0 Å². The maximum Gasteiger partial charge on any atom is 0.0178 e. The molecule has 1 aromatic rings. The van der Waals surface area contributed by atoms with Crippen molar-refractivity contribution in [3.8, 4) is 0 Å². The molecule has 0 aliphatic carbocycles. The monoisotopic (exact) mass is 311 g/mol. The molecule has 2 unspecified atom stereocenters. The molecule has 0 amide bonds. The van der Waals surface area contributed by atoms with Gasteiger partial charge >= 0.3 is 0 Å². The Balaban J connectivity index is 2.72. The van der Waals surface area contributed by atoms with Crippen LogP contribution in [-0.2, 0) is 0 Å². The van der Waals surface area contributed by atoms with E-state index in [1.165, 1.54) is 16.5 Å². The maximum absolute atomic E-state index is 3.60. The van der Waals surface area contributed by atoms with E-state index in [0.717, 1.165) is 13.1 Å². The topological polar surface area (TPSA) is 12.0 Å². The van der Waals surface area contributed by atoms with Crippen LogP contribution in [0.2, 0.25) is 0 Å². The van der Waals surface area contributed by atoms with Gasteiger partial charge in [0, 0.05) is 11.0 Å². The summed E-state index contributed by atoms with van der Waals surface area (Å²) in [5.74, 6) is 2.02. The molecule has 0 spiro atoms. The van der Waals surface area contributed by atoms with Crippen LogP contribution in [0.4, 0.5) is 0 Å². The van der Waals surface area contributed by atoms with Gasteiger partial charge in [0.25, 0.3) is 0 Å². The molecule has 0 bridgehead atoms. The van der Waals surface area contributed by atoms with E-state index in [-0.39, 0.29) is 0 Å². The largest absolute Gasteiger partial charge is 0.316 e. The molecule has 0 radical (unpaired) electrons.